The summed E-state index contributed by atoms with van der Waals surface area (Å²) < 4.78 is 0. The zero-order valence-corrected chi connectivity index (χ0v) is 11.0. The third-order valence-corrected chi connectivity index (χ3v) is 3.01. The summed E-state index contributed by atoms with van der Waals surface area (Å²) >= 11 is 0. The van der Waals surface area contributed by atoms with Crippen molar-refractivity contribution in [3.8, 4) is 0 Å². The van der Waals surface area contributed by atoms with E-state index in [2.05, 4.69) is 36.5 Å². The lowest BCUT2D eigenvalue weighted by Crippen LogP contribution is -2.25. The smallest absolute Gasteiger partial charge is 0.0323 e. The van der Waals surface area contributed by atoms with Crippen LogP contribution in [0.2, 0.25) is 0 Å². The van der Waals surface area contributed by atoms with Crippen LogP contribution in [0.1, 0.15) is 43.4 Å². The molecule has 0 aliphatic heterocycles. The first-order chi connectivity index (χ1) is 6.92. The molecule has 1 aliphatic rings. The third kappa shape index (κ3) is 3.05. The highest BCUT2D eigenvalue weighted by molar-refractivity contribution is 8.93. The van der Waals surface area contributed by atoms with Gasteiger partial charge in [-0.1, -0.05) is 31.2 Å². The van der Waals surface area contributed by atoms with Gasteiger partial charge in [-0.3, -0.25) is 0 Å². The molecule has 0 amide bonds. The van der Waals surface area contributed by atoms with Crippen LogP contribution in [0.15, 0.2) is 24.3 Å². The van der Waals surface area contributed by atoms with Crippen LogP contribution in [0, 0.1) is 0 Å². The van der Waals surface area contributed by atoms with Gasteiger partial charge in [0.05, 0.1) is 0 Å². The van der Waals surface area contributed by atoms with Crippen molar-refractivity contribution in [3.05, 3.63) is 35.4 Å². The van der Waals surface area contributed by atoms with Crippen molar-refractivity contribution >= 4 is 17.0 Å². The lowest BCUT2D eigenvalue weighted by Gasteiger charge is -2.26. The summed E-state index contributed by atoms with van der Waals surface area (Å²) in [4.78, 5) is 0. The number of hydrogen-bond acceptors (Lipinski definition) is 1. The van der Waals surface area contributed by atoms with Crippen LogP contribution in [-0.2, 0) is 6.42 Å². The average Bonchev–Trinajstić information content (AvgIpc) is 2.26. The average molecular weight is 270 g/mol. The van der Waals surface area contributed by atoms with Gasteiger partial charge in [-0.25, -0.2) is 0 Å². The maximum Gasteiger partial charge on any atom is 0.0323 e. The number of benzene rings is 1. The van der Waals surface area contributed by atoms with Gasteiger partial charge in [-0.15, -0.1) is 17.0 Å². The molecule has 0 heterocycles. The summed E-state index contributed by atoms with van der Waals surface area (Å²) in [6.07, 6.45) is 5.12. The molecule has 1 aromatic carbocycles. The van der Waals surface area contributed by atoms with Crippen LogP contribution in [0.4, 0.5) is 0 Å². The van der Waals surface area contributed by atoms with Crippen molar-refractivity contribution in [2.24, 2.45) is 0 Å². The van der Waals surface area contributed by atoms with E-state index in [9.17, 15) is 0 Å². The number of rotatable bonds is 3. The Morgan fingerprint density at radius 2 is 2.13 bits per heavy atom. The molecule has 0 spiro atoms. The molecular weight excluding hydrogens is 250 g/mol. The second-order valence-electron chi connectivity index (χ2n) is 4.10. The van der Waals surface area contributed by atoms with Gasteiger partial charge in [0.15, 0.2) is 0 Å². The van der Waals surface area contributed by atoms with E-state index in [-0.39, 0.29) is 17.0 Å². The number of nitrogens with one attached hydrogen (secondary N) is 1. The predicted molar refractivity (Wildman–Crippen MR) is 70.7 cm³/mol. The summed E-state index contributed by atoms with van der Waals surface area (Å²) in [6, 6.07) is 9.47. The predicted octanol–water partition coefficient (Wildman–Crippen LogP) is 3.64. The molecule has 1 nitrogen and oxygen atoms in total. The molecule has 84 valence electrons. The minimum atomic E-state index is 0. The molecule has 1 aromatic rings. The Labute approximate surface area is 103 Å². The third-order valence-electron chi connectivity index (χ3n) is 3.01. The molecule has 1 aliphatic carbocycles. The molecule has 1 N–H and O–H groups in total. The molecule has 0 bridgehead atoms. The Morgan fingerprint density at radius 3 is 2.93 bits per heavy atom. The van der Waals surface area contributed by atoms with Crippen molar-refractivity contribution < 1.29 is 0 Å². The van der Waals surface area contributed by atoms with Gasteiger partial charge in [0.2, 0.25) is 0 Å². The molecule has 0 radical (unpaired) electrons. The number of aryl methyl sites for hydroxylation is 1. The second-order valence-corrected chi connectivity index (χ2v) is 4.10. The van der Waals surface area contributed by atoms with Crippen LogP contribution < -0.4 is 5.32 Å². The maximum atomic E-state index is 3.63. The molecule has 0 fully saturated rings. The highest BCUT2D eigenvalue weighted by atomic mass is 79.9. The van der Waals surface area contributed by atoms with Gasteiger partial charge in [0.25, 0.3) is 0 Å². The Kier molecular flexibility index (Phi) is 5.34. The highest BCUT2D eigenvalue weighted by Gasteiger charge is 2.18. The number of halogens is 1. The van der Waals surface area contributed by atoms with Crippen LogP contribution in [0.5, 0.6) is 0 Å². The topological polar surface area (TPSA) is 12.0 Å². The molecule has 2 rings (SSSR count). The highest BCUT2D eigenvalue weighted by Crippen LogP contribution is 2.29. The standard InChI is InChI=1S/C13H19N.BrH/c1-2-10-14-13-9-5-7-11-6-3-4-8-12(11)13;/h3-4,6,8,13-14H,2,5,7,9-10H2,1H3;1H. The summed E-state index contributed by atoms with van der Waals surface area (Å²) in [7, 11) is 0. The van der Waals surface area contributed by atoms with Crippen molar-refractivity contribution in [3.63, 3.8) is 0 Å². The summed E-state index contributed by atoms with van der Waals surface area (Å²) in [5.74, 6) is 0. The first-order valence-electron chi connectivity index (χ1n) is 5.73. The summed E-state index contributed by atoms with van der Waals surface area (Å²) in [6.45, 7) is 3.36. The first kappa shape index (κ1) is 12.7. The van der Waals surface area contributed by atoms with Crippen LogP contribution in [0.25, 0.3) is 0 Å². The largest absolute Gasteiger partial charge is 0.310 e. The van der Waals surface area contributed by atoms with Crippen molar-refractivity contribution in [2.45, 2.75) is 38.6 Å². The van der Waals surface area contributed by atoms with E-state index in [0.29, 0.717) is 6.04 Å². The molecule has 1 atom stereocenters. The molecule has 0 saturated heterocycles. The van der Waals surface area contributed by atoms with Gasteiger partial charge in [-0.05, 0) is 43.4 Å². The van der Waals surface area contributed by atoms with E-state index in [0.717, 1.165) is 6.54 Å². The zero-order chi connectivity index (χ0) is 9.80. The normalized spacial score (nSPS) is 19.1. The van der Waals surface area contributed by atoms with Crippen molar-refractivity contribution in [2.75, 3.05) is 6.54 Å². The van der Waals surface area contributed by atoms with E-state index in [1.54, 1.807) is 5.56 Å². The van der Waals surface area contributed by atoms with E-state index >= 15 is 0 Å². The van der Waals surface area contributed by atoms with Gasteiger partial charge in [0, 0.05) is 6.04 Å². The molecule has 2 heteroatoms. The molecular formula is C13H20BrN. The van der Waals surface area contributed by atoms with Crippen LogP contribution >= 0.6 is 17.0 Å². The number of fused-ring (bicyclic) bond motifs is 1. The lowest BCUT2D eigenvalue weighted by atomic mass is 9.88. The summed E-state index contributed by atoms with van der Waals surface area (Å²) in [5.41, 5.74) is 3.08. The Morgan fingerprint density at radius 1 is 1.33 bits per heavy atom. The van der Waals surface area contributed by atoms with E-state index < -0.39 is 0 Å². The Hall–Kier alpha value is -0.340. The minimum Gasteiger partial charge on any atom is -0.310 e. The summed E-state index contributed by atoms with van der Waals surface area (Å²) in [5, 5.41) is 3.63. The SMILES string of the molecule is Br.CCCNC1CCCc2ccccc21. The van der Waals surface area contributed by atoms with Gasteiger partial charge < -0.3 is 5.32 Å². The van der Waals surface area contributed by atoms with Crippen LogP contribution in [0.3, 0.4) is 0 Å². The first-order valence-corrected chi connectivity index (χ1v) is 5.73. The van der Waals surface area contributed by atoms with Crippen molar-refractivity contribution in [1.29, 1.82) is 0 Å². The van der Waals surface area contributed by atoms with Crippen LogP contribution in [-0.4, -0.2) is 6.54 Å². The van der Waals surface area contributed by atoms with Crippen molar-refractivity contribution in [1.82, 2.24) is 5.32 Å². The zero-order valence-electron chi connectivity index (χ0n) is 9.33. The molecule has 1 unspecified atom stereocenters. The monoisotopic (exact) mass is 269 g/mol. The van der Waals surface area contributed by atoms with Gasteiger partial charge in [0.1, 0.15) is 0 Å². The Bertz CT molecular complexity index is 298. The lowest BCUT2D eigenvalue weighted by molar-refractivity contribution is 0.460. The fourth-order valence-electron chi connectivity index (χ4n) is 2.28. The van der Waals surface area contributed by atoms with Gasteiger partial charge in [-0.2, -0.15) is 0 Å². The maximum absolute atomic E-state index is 3.63. The van der Waals surface area contributed by atoms with Gasteiger partial charge >= 0.3 is 0 Å². The Balaban J connectivity index is 0.00000112. The number of hydrogen-bond donors (Lipinski definition) is 1. The fraction of sp³-hybridized carbons (Fsp3) is 0.538. The fourth-order valence-corrected chi connectivity index (χ4v) is 2.28. The van der Waals surface area contributed by atoms with E-state index in [1.807, 2.05) is 0 Å². The molecule has 15 heavy (non-hydrogen) atoms. The van der Waals surface area contributed by atoms with E-state index in [4.69, 9.17) is 0 Å². The second kappa shape index (κ2) is 6.29. The molecule has 0 saturated carbocycles. The molecule has 0 aromatic heterocycles. The quantitative estimate of drug-likeness (QED) is 0.884. The van der Waals surface area contributed by atoms with E-state index in [1.165, 1.54) is 31.2 Å². The minimum absolute atomic E-state index is 0.